The lowest BCUT2D eigenvalue weighted by atomic mass is 10.0. The van der Waals surface area contributed by atoms with E-state index in [1.54, 1.807) is 38.9 Å². The summed E-state index contributed by atoms with van der Waals surface area (Å²) in [5, 5.41) is 7.22. The highest BCUT2D eigenvalue weighted by Gasteiger charge is 2.23. The summed E-state index contributed by atoms with van der Waals surface area (Å²) in [6.07, 6.45) is 6.84. The van der Waals surface area contributed by atoms with E-state index in [4.69, 9.17) is 19.2 Å². The van der Waals surface area contributed by atoms with Crippen LogP contribution in [0.15, 0.2) is 151 Å². The lowest BCUT2D eigenvalue weighted by molar-refractivity contribution is 0.122. The summed E-state index contributed by atoms with van der Waals surface area (Å²) in [5.74, 6) is -1.37. The SMILES string of the molecule is COc1ccc(-c2ncc(Br)cc2Nc2c(C)c(-c3ccccn3)nc3cc(F)cc(F)c23)cc1.COc1ccc(-c2ncc(N3CCOCC3)cc2Nc2c(C)c(-c3ccccn3)nc3cc(F)cc(F)c23)cc1. The third-order valence-electron chi connectivity index (χ3n) is 12.7. The highest BCUT2D eigenvalue weighted by Crippen LogP contribution is 2.42. The Morgan fingerprint density at radius 1 is 0.547 bits per heavy atom. The number of morpholine rings is 1. The van der Waals surface area contributed by atoms with Crippen LogP contribution >= 0.6 is 15.9 Å². The zero-order valence-corrected chi connectivity index (χ0v) is 42.5. The average molecular weight is 1070 g/mol. The van der Waals surface area contributed by atoms with E-state index in [0.717, 1.165) is 58.0 Å². The van der Waals surface area contributed by atoms with Crippen LogP contribution in [0.4, 0.5) is 46.0 Å². The minimum Gasteiger partial charge on any atom is -0.497 e. The maximum Gasteiger partial charge on any atom is 0.137 e. The Hall–Kier alpha value is -8.54. The van der Waals surface area contributed by atoms with Crippen molar-refractivity contribution >= 4 is 66.2 Å². The van der Waals surface area contributed by atoms with Gasteiger partial charge in [0.2, 0.25) is 0 Å². The van der Waals surface area contributed by atoms with Gasteiger partial charge in [-0.15, -0.1) is 0 Å². The normalized spacial score (nSPS) is 12.3. The zero-order chi connectivity index (χ0) is 52.2. The van der Waals surface area contributed by atoms with Crippen molar-refractivity contribution in [3.05, 3.63) is 185 Å². The number of rotatable bonds is 11. The number of nitrogens with zero attached hydrogens (tertiary/aromatic N) is 7. The van der Waals surface area contributed by atoms with Crippen molar-refractivity contribution in [2.45, 2.75) is 13.8 Å². The number of nitrogens with one attached hydrogen (secondary N) is 2. The molecule has 17 heteroatoms. The van der Waals surface area contributed by atoms with Crippen molar-refractivity contribution in [3.63, 3.8) is 0 Å². The first-order valence-electron chi connectivity index (χ1n) is 23.7. The monoisotopic (exact) mass is 1070 g/mol. The Bertz CT molecular complexity index is 3710. The largest absolute Gasteiger partial charge is 0.497 e. The van der Waals surface area contributed by atoms with Crippen molar-refractivity contribution in [3.8, 4) is 56.8 Å². The maximum atomic E-state index is 15.4. The summed E-state index contributed by atoms with van der Waals surface area (Å²) in [6, 6.07) is 34.1. The second-order valence-electron chi connectivity index (χ2n) is 17.4. The highest BCUT2D eigenvalue weighted by molar-refractivity contribution is 9.10. The molecule has 0 bridgehead atoms. The van der Waals surface area contributed by atoms with Gasteiger partial charge in [-0.05, 0) is 115 Å². The van der Waals surface area contributed by atoms with Gasteiger partial charge in [0, 0.05) is 82.7 Å². The molecule has 6 aromatic heterocycles. The molecule has 0 atom stereocenters. The molecule has 0 amide bonds. The molecular formula is C58H46BrF4N9O3. The number of anilines is 5. The van der Waals surface area contributed by atoms with E-state index in [2.05, 4.69) is 56.4 Å². The Morgan fingerprint density at radius 3 is 1.47 bits per heavy atom. The molecule has 1 aliphatic heterocycles. The second kappa shape index (κ2) is 21.9. The van der Waals surface area contributed by atoms with E-state index < -0.39 is 23.3 Å². The summed E-state index contributed by atoms with van der Waals surface area (Å²) < 4.78 is 75.9. The Morgan fingerprint density at radius 2 is 1.01 bits per heavy atom. The molecule has 1 fully saturated rings. The minimum absolute atomic E-state index is 0.184. The molecule has 12 nitrogen and oxygen atoms in total. The number of ether oxygens (including phenoxy) is 3. The molecule has 1 aliphatic rings. The fourth-order valence-corrected chi connectivity index (χ4v) is 9.27. The fraction of sp³-hybridized carbons (Fsp3) is 0.138. The van der Waals surface area contributed by atoms with Gasteiger partial charge in [-0.25, -0.2) is 27.5 Å². The fourth-order valence-electron chi connectivity index (χ4n) is 8.93. The maximum absolute atomic E-state index is 15.4. The number of fused-ring (bicyclic) bond motifs is 2. The molecule has 1 saturated heterocycles. The third kappa shape index (κ3) is 10.6. The molecule has 4 aromatic carbocycles. The van der Waals surface area contributed by atoms with E-state index in [9.17, 15) is 8.78 Å². The van der Waals surface area contributed by atoms with Crippen LogP contribution in [0.5, 0.6) is 11.5 Å². The number of hydrogen-bond acceptors (Lipinski definition) is 12. The molecule has 376 valence electrons. The first kappa shape index (κ1) is 50.0. The molecule has 75 heavy (non-hydrogen) atoms. The first-order chi connectivity index (χ1) is 36.5. The number of aromatic nitrogens is 6. The standard InChI is InChI=1S/C31H27F2N5O2.C27H19BrF2N4O/c1-19-29(25-5-3-4-10-34-25)36-26-16-21(32)15-24(33)28(26)30(19)37-27-17-22(38-11-13-40-14-12-38)18-35-31(27)20-6-8-23(39-2)9-7-20;1-15-25(21-5-3-4-10-31-21)33-22-13-18(29)12-20(30)24(22)26(15)34-23-11-17(28)14-32-27(23)16-6-8-19(35-2)9-7-16/h3-10,15-18H,11-14H2,1-2H3,(H,36,37);3-14H,1-2H3,(H,33,34). The Labute approximate surface area is 437 Å². The number of hydrogen-bond donors (Lipinski definition) is 2. The number of pyridine rings is 6. The number of methoxy groups -OCH3 is 2. The van der Waals surface area contributed by atoms with Gasteiger partial charge >= 0.3 is 0 Å². The summed E-state index contributed by atoms with van der Waals surface area (Å²) in [5.41, 5.74) is 10.1. The van der Waals surface area contributed by atoms with Gasteiger partial charge in [0.1, 0.15) is 34.8 Å². The lowest BCUT2D eigenvalue weighted by Gasteiger charge is -2.29. The van der Waals surface area contributed by atoms with Crippen LogP contribution < -0.4 is 25.0 Å². The first-order valence-corrected chi connectivity index (χ1v) is 24.5. The van der Waals surface area contributed by atoms with E-state index >= 15 is 8.78 Å². The van der Waals surface area contributed by atoms with Crippen molar-refractivity contribution < 1.29 is 31.8 Å². The third-order valence-corrected chi connectivity index (χ3v) is 13.1. The van der Waals surface area contributed by atoms with Crippen LogP contribution in [0.2, 0.25) is 0 Å². The lowest BCUT2D eigenvalue weighted by Crippen LogP contribution is -2.36. The molecule has 2 N–H and O–H groups in total. The van der Waals surface area contributed by atoms with Gasteiger partial charge in [-0.1, -0.05) is 12.1 Å². The molecule has 10 aromatic rings. The minimum atomic E-state index is -0.709. The molecular weight excluding hydrogens is 1030 g/mol. The van der Waals surface area contributed by atoms with Crippen LogP contribution in [0.1, 0.15) is 11.1 Å². The van der Waals surface area contributed by atoms with Gasteiger partial charge in [-0.2, -0.15) is 0 Å². The highest BCUT2D eigenvalue weighted by atomic mass is 79.9. The summed E-state index contributed by atoms with van der Waals surface area (Å²) in [6.45, 7) is 6.41. The average Bonchev–Trinajstić information content (AvgIpc) is 3.43. The van der Waals surface area contributed by atoms with Crippen LogP contribution in [0.25, 0.3) is 67.1 Å². The van der Waals surface area contributed by atoms with Gasteiger partial charge in [-0.3, -0.25) is 19.9 Å². The van der Waals surface area contributed by atoms with Crippen LogP contribution in [-0.4, -0.2) is 70.4 Å². The smallest absolute Gasteiger partial charge is 0.137 e. The van der Waals surface area contributed by atoms with Crippen molar-refractivity contribution in [2.24, 2.45) is 0 Å². The van der Waals surface area contributed by atoms with E-state index in [1.165, 1.54) is 12.1 Å². The van der Waals surface area contributed by atoms with E-state index in [0.29, 0.717) is 81.3 Å². The predicted octanol–water partition coefficient (Wildman–Crippen LogP) is 14.0. The van der Waals surface area contributed by atoms with Crippen LogP contribution in [0, 0.1) is 37.1 Å². The topological polar surface area (TPSA) is 132 Å². The molecule has 0 radical (unpaired) electrons. The van der Waals surface area contributed by atoms with E-state index in [1.807, 2.05) is 111 Å². The molecule has 0 saturated carbocycles. The molecule has 7 heterocycles. The predicted molar refractivity (Wildman–Crippen MR) is 289 cm³/mol. The van der Waals surface area contributed by atoms with Crippen molar-refractivity contribution in [2.75, 3.05) is 56.1 Å². The van der Waals surface area contributed by atoms with Gasteiger partial charge in [0.25, 0.3) is 0 Å². The quantitative estimate of drug-likeness (QED) is 0.120. The van der Waals surface area contributed by atoms with Crippen molar-refractivity contribution in [1.82, 2.24) is 29.9 Å². The van der Waals surface area contributed by atoms with Gasteiger partial charge < -0.3 is 29.7 Å². The van der Waals surface area contributed by atoms with Gasteiger partial charge in [0.05, 0.1) is 118 Å². The molecule has 0 spiro atoms. The van der Waals surface area contributed by atoms with E-state index in [-0.39, 0.29) is 21.8 Å². The summed E-state index contributed by atoms with van der Waals surface area (Å²) in [4.78, 5) is 29.7. The molecule has 11 rings (SSSR count). The van der Waals surface area contributed by atoms with Gasteiger partial charge in [0.15, 0.2) is 0 Å². The number of benzene rings is 4. The second-order valence-corrected chi connectivity index (χ2v) is 18.3. The molecule has 0 unspecified atom stereocenters. The number of halogens is 5. The van der Waals surface area contributed by atoms with Crippen LogP contribution in [0.3, 0.4) is 0 Å². The molecule has 0 aliphatic carbocycles. The van der Waals surface area contributed by atoms with Crippen molar-refractivity contribution in [1.29, 1.82) is 0 Å². The summed E-state index contributed by atoms with van der Waals surface area (Å²) in [7, 11) is 3.22. The summed E-state index contributed by atoms with van der Waals surface area (Å²) >= 11 is 3.48. The van der Waals surface area contributed by atoms with Crippen LogP contribution in [-0.2, 0) is 4.74 Å². The zero-order valence-electron chi connectivity index (χ0n) is 40.9. The Kier molecular flexibility index (Phi) is 14.6. The Balaban J connectivity index is 0.000000173.